The van der Waals surface area contributed by atoms with E-state index in [0.717, 1.165) is 12.0 Å². The van der Waals surface area contributed by atoms with Crippen LogP contribution in [0, 0.1) is 11.8 Å². The Morgan fingerprint density at radius 3 is 2.12 bits per heavy atom. The zero-order valence-corrected chi connectivity index (χ0v) is 11.6. The number of aliphatic hydroxyl groups is 1. The van der Waals surface area contributed by atoms with Crippen LogP contribution in [0.15, 0.2) is 0 Å². The van der Waals surface area contributed by atoms with Crippen molar-refractivity contribution in [3.05, 3.63) is 0 Å². The summed E-state index contributed by atoms with van der Waals surface area (Å²) in [6.45, 7) is 6.72. The van der Waals surface area contributed by atoms with Gasteiger partial charge in [-0.3, -0.25) is 0 Å². The summed E-state index contributed by atoms with van der Waals surface area (Å²) >= 11 is 0. The largest absolute Gasteiger partial charge is 0.393 e. The fourth-order valence-corrected chi connectivity index (χ4v) is 3.69. The first-order chi connectivity index (χ1) is 8.20. The van der Waals surface area contributed by atoms with E-state index in [-0.39, 0.29) is 6.10 Å². The first-order valence-corrected chi connectivity index (χ1v) is 7.62. The van der Waals surface area contributed by atoms with Crippen LogP contribution in [0.3, 0.4) is 0 Å². The highest BCUT2D eigenvalue weighted by molar-refractivity contribution is 4.83. The molecule has 0 amide bonds. The molecular weight excluding hydrogens is 210 g/mol. The molecule has 1 unspecified atom stereocenters. The maximum atomic E-state index is 9.62. The first kappa shape index (κ1) is 13.4. The van der Waals surface area contributed by atoms with Gasteiger partial charge in [-0.15, -0.1) is 0 Å². The SMILES string of the molecule is CCC1CCC(N2CCC(C(C)O)CC2)CC1. The van der Waals surface area contributed by atoms with Gasteiger partial charge in [-0.25, -0.2) is 0 Å². The fraction of sp³-hybridized carbons (Fsp3) is 1.00. The Balaban J connectivity index is 1.74. The van der Waals surface area contributed by atoms with Crippen molar-refractivity contribution in [3.63, 3.8) is 0 Å². The highest BCUT2D eigenvalue weighted by Gasteiger charge is 2.29. The van der Waals surface area contributed by atoms with E-state index in [1.54, 1.807) is 0 Å². The Morgan fingerprint density at radius 2 is 1.65 bits per heavy atom. The van der Waals surface area contributed by atoms with Crippen molar-refractivity contribution in [1.82, 2.24) is 4.90 Å². The van der Waals surface area contributed by atoms with Crippen LogP contribution in [0.1, 0.15) is 58.8 Å². The molecule has 1 aliphatic heterocycles. The molecule has 0 aromatic rings. The third-order valence-electron chi connectivity index (χ3n) is 5.17. The van der Waals surface area contributed by atoms with Crippen molar-refractivity contribution in [1.29, 1.82) is 0 Å². The van der Waals surface area contributed by atoms with E-state index in [1.165, 1.54) is 58.0 Å². The maximum Gasteiger partial charge on any atom is 0.0541 e. The lowest BCUT2D eigenvalue weighted by atomic mass is 9.82. The Bertz CT molecular complexity index is 213. The van der Waals surface area contributed by atoms with E-state index >= 15 is 0 Å². The fourth-order valence-electron chi connectivity index (χ4n) is 3.69. The van der Waals surface area contributed by atoms with Gasteiger partial charge in [0.25, 0.3) is 0 Å². The third-order valence-corrected chi connectivity index (χ3v) is 5.17. The second-order valence-corrected chi connectivity index (χ2v) is 6.20. The van der Waals surface area contributed by atoms with Crippen LogP contribution in [0.2, 0.25) is 0 Å². The van der Waals surface area contributed by atoms with Crippen LogP contribution in [0.5, 0.6) is 0 Å². The molecular formula is C15H29NO. The molecule has 1 atom stereocenters. The van der Waals surface area contributed by atoms with Gasteiger partial charge in [0.15, 0.2) is 0 Å². The molecule has 1 saturated carbocycles. The Morgan fingerprint density at radius 1 is 1.06 bits per heavy atom. The van der Waals surface area contributed by atoms with Crippen LogP contribution in [-0.4, -0.2) is 35.2 Å². The van der Waals surface area contributed by atoms with Gasteiger partial charge < -0.3 is 10.0 Å². The van der Waals surface area contributed by atoms with Crippen molar-refractivity contribution < 1.29 is 5.11 Å². The molecule has 1 saturated heterocycles. The number of piperidine rings is 1. The maximum absolute atomic E-state index is 9.62. The predicted octanol–water partition coefficient (Wildman–Crippen LogP) is 3.05. The van der Waals surface area contributed by atoms with E-state index in [0.29, 0.717) is 5.92 Å². The van der Waals surface area contributed by atoms with Gasteiger partial charge in [0.05, 0.1) is 6.10 Å². The van der Waals surface area contributed by atoms with E-state index in [4.69, 9.17) is 0 Å². The van der Waals surface area contributed by atoms with Crippen LogP contribution in [0.25, 0.3) is 0 Å². The number of rotatable bonds is 3. The van der Waals surface area contributed by atoms with Gasteiger partial charge in [0.1, 0.15) is 0 Å². The molecule has 0 aromatic carbocycles. The molecule has 2 fully saturated rings. The minimum atomic E-state index is -0.104. The monoisotopic (exact) mass is 239 g/mol. The molecule has 17 heavy (non-hydrogen) atoms. The summed E-state index contributed by atoms with van der Waals surface area (Å²) in [5.41, 5.74) is 0. The number of aliphatic hydroxyl groups excluding tert-OH is 1. The Labute approximate surface area is 106 Å². The summed E-state index contributed by atoms with van der Waals surface area (Å²) in [5.74, 6) is 1.56. The number of hydrogen-bond donors (Lipinski definition) is 1. The molecule has 0 bridgehead atoms. The summed E-state index contributed by atoms with van der Waals surface area (Å²) in [6.07, 6.45) is 9.38. The van der Waals surface area contributed by atoms with Gasteiger partial charge in [-0.2, -0.15) is 0 Å². The first-order valence-electron chi connectivity index (χ1n) is 7.62. The van der Waals surface area contributed by atoms with Crippen LogP contribution < -0.4 is 0 Å². The molecule has 1 N–H and O–H groups in total. The molecule has 100 valence electrons. The van der Waals surface area contributed by atoms with Crippen molar-refractivity contribution >= 4 is 0 Å². The molecule has 1 aliphatic carbocycles. The van der Waals surface area contributed by atoms with E-state index < -0.39 is 0 Å². The third kappa shape index (κ3) is 3.45. The lowest BCUT2D eigenvalue weighted by Crippen LogP contribution is -2.44. The average molecular weight is 239 g/mol. The molecule has 2 rings (SSSR count). The highest BCUT2D eigenvalue weighted by atomic mass is 16.3. The quantitative estimate of drug-likeness (QED) is 0.818. The smallest absolute Gasteiger partial charge is 0.0541 e. The lowest BCUT2D eigenvalue weighted by molar-refractivity contribution is 0.0431. The second kappa shape index (κ2) is 6.19. The number of nitrogens with zero attached hydrogens (tertiary/aromatic N) is 1. The predicted molar refractivity (Wildman–Crippen MR) is 72.0 cm³/mol. The molecule has 0 radical (unpaired) electrons. The zero-order valence-electron chi connectivity index (χ0n) is 11.6. The van der Waals surface area contributed by atoms with Gasteiger partial charge in [0, 0.05) is 6.04 Å². The summed E-state index contributed by atoms with van der Waals surface area (Å²) in [6, 6.07) is 0.854. The molecule has 2 heteroatoms. The lowest BCUT2D eigenvalue weighted by Gasteiger charge is -2.41. The molecule has 2 aliphatic rings. The van der Waals surface area contributed by atoms with Crippen molar-refractivity contribution in [3.8, 4) is 0 Å². The van der Waals surface area contributed by atoms with Crippen LogP contribution in [0.4, 0.5) is 0 Å². The van der Waals surface area contributed by atoms with Crippen LogP contribution >= 0.6 is 0 Å². The highest BCUT2D eigenvalue weighted by Crippen LogP contribution is 2.32. The Hall–Kier alpha value is -0.0800. The molecule has 0 aromatic heterocycles. The summed E-state index contributed by atoms with van der Waals surface area (Å²) in [5, 5.41) is 9.62. The van der Waals surface area contributed by atoms with Gasteiger partial charge in [-0.05, 0) is 70.4 Å². The Kier molecular flexibility index (Phi) is 4.87. The van der Waals surface area contributed by atoms with E-state index in [1.807, 2.05) is 6.92 Å². The van der Waals surface area contributed by atoms with E-state index in [9.17, 15) is 5.11 Å². The van der Waals surface area contributed by atoms with Crippen LogP contribution in [-0.2, 0) is 0 Å². The van der Waals surface area contributed by atoms with Gasteiger partial charge in [-0.1, -0.05) is 13.3 Å². The second-order valence-electron chi connectivity index (χ2n) is 6.20. The standard InChI is InChI=1S/C15H29NO/c1-3-13-4-6-15(7-5-13)16-10-8-14(9-11-16)12(2)17/h12-15,17H,3-11H2,1-2H3. The topological polar surface area (TPSA) is 23.5 Å². The van der Waals surface area contributed by atoms with Crippen molar-refractivity contribution in [2.75, 3.05) is 13.1 Å². The summed E-state index contributed by atoms with van der Waals surface area (Å²) in [4.78, 5) is 2.70. The molecule has 1 heterocycles. The van der Waals surface area contributed by atoms with Gasteiger partial charge >= 0.3 is 0 Å². The minimum Gasteiger partial charge on any atom is -0.393 e. The molecule has 0 spiro atoms. The van der Waals surface area contributed by atoms with E-state index in [2.05, 4.69) is 11.8 Å². The number of likely N-dealkylation sites (tertiary alicyclic amines) is 1. The van der Waals surface area contributed by atoms with Crippen molar-refractivity contribution in [2.45, 2.75) is 70.9 Å². The van der Waals surface area contributed by atoms with Gasteiger partial charge in [0.2, 0.25) is 0 Å². The molecule has 2 nitrogen and oxygen atoms in total. The minimum absolute atomic E-state index is 0.104. The zero-order chi connectivity index (χ0) is 12.3. The van der Waals surface area contributed by atoms with Crippen molar-refractivity contribution in [2.24, 2.45) is 11.8 Å². The average Bonchev–Trinajstić information content (AvgIpc) is 2.39. The summed E-state index contributed by atoms with van der Waals surface area (Å²) in [7, 11) is 0. The summed E-state index contributed by atoms with van der Waals surface area (Å²) < 4.78 is 0. The number of hydrogen-bond acceptors (Lipinski definition) is 2. The normalized spacial score (nSPS) is 34.8.